The molecule has 0 spiro atoms. The van der Waals surface area contributed by atoms with Crippen LogP contribution in [0, 0.1) is 0 Å². The van der Waals surface area contributed by atoms with Gasteiger partial charge in [-0.15, -0.1) is 0 Å². The lowest BCUT2D eigenvalue weighted by Crippen LogP contribution is -2.28. The Morgan fingerprint density at radius 2 is 0.804 bits per heavy atom. The van der Waals surface area contributed by atoms with Gasteiger partial charge in [-0.3, -0.25) is 0 Å². The van der Waals surface area contributed by atoms with E-state index < -0.39 is 5.41 Å². The average Bonchev–Trinajstić information content (AvgIpc) is 3.42. The quantitative estimate of drug-likeness (QED) is 0.167. The molecule has 0 fully saturated rings. The highest BCUT2D eigenvalue weighted by atomic mass is 79.9. The first-order valence-corrected chi connectivity index (χ1v) is 16.6. The van der Waals surface area contributed by atoms with Crippen molar-refractivity contribution in [1.82, 2.24) is 0 Å². The summed E-state index contributed by atoms with van der Waals surface area (Å²) in [5, 5.41) is 5.09. The molecule has 1 heteroatoms. The van der Waals surface area contributed by atoms with Gasteiger partial charge in [0, 0.05) is 4.47 Å². The first-order valence-electron chi connectivity index (χ1n) is 15.8. The molecule has 216 valence electrons. The van der Waals surface area contributed by atoms with Gasteiger partial charge in [0.2, 0.25) is 0 Å². The molecule has 0 bridgehead atoms. The molecular formula is C45H29Br. The summed E-state index contributed by atoms with van der Waals surface area (Å²) in [6.45, 7) is 0. The second-order valence-corrected chi connectivity index (χ2v) is 13.1. The van der Waals surface area contributed by atoms with E-state index in [4.69, 9.17) is 0 Å². The standard InChI is InChI=1S/C45H29Br/c46-34-16-12-15-33(29-34)45(41-23-10-8-17-35(41)36-18-9-11-24-42(36)45)32-27-25-31(26-28-32)44-39-21-6-4-19-37(39)43(30-13-2-1-3-14-30)38-20-5-7-22-40(38)44/h1-29H. The second-order valence-electron chi connectivity index (χ2n) is 12.1. The Hall–Kier alpha value is -5.24. The molecule has 0 heterocycles. The van der Waals surface area contributed by atoms with E-state index in [0.29, 0.717) is 0 Å². The van der Waals surface area contributed by atoms with E-state index in [1.54, 1.807) is 0 Å². The largest absolute Gasteiger partial charge is 0.0713 e. The summed E-state index contributed by atoms with van der Waals surface area (Å²) in [5.41, 5.74) is 12.4. The highest BCUT2D eigenvalue weighted by molar-refractivity contribution is 9.10. The van der Waals surface area contributed by atoms with Crippen LogP contribution in [0.25, 0.3) is 54.9 Å². The van der Waals surface area contributed by atoms with Gasteiger partial charge >= 0.3 is 0 Å². The number of hydrogen-bond acceptors (Lipinski definition) is 0. The summed E-state index contributed by atoms with van der Waals surface area (Å²) in [6.07, 6.45) is 0. The SMILES string of the molecule is Brc1cccc(C2(c3ccc(-c4c5ccccc5c(-c5ccccc5)c5ccccc45)cc3)c3ccccc3-c3ccccc32)c1. The van der Waals surface area contributed by atoms with Crippen LogP contribution in [0.1, 0.15) is 22.3 Å². The van der Waals surface area contributed by atoms with Crippen LogP contribution < -0.4 is 0 Å². The van der Waals surface area contributed by atoms with Gasteiger partial charge in [-0.05, 0) is 89.3 Å². The zero-order valence-electron chi connectivity index (χ0n) is 25.1. The van der Waals surface area contributed by atoms with Gasteiger partial charge in [0.1, 0.15) is 0 Å². The zero-order chi connectivity index (χ0) is 30.7. The van der Waals surface area contributed by atoms with E-state index in [9.17, 15) is 0 Å². The lowest BCUT2D eigenvalue weighted by Gasteiger charge is -2.34. The van der Waals surface area contributed by atoms with E-state index in [1.165, 1.54) is 77.2 Å². The molecule has 8 aromatic rings. The molecular weight excluding hydrogens is 620 g/mol. The molecule has 0 N–H and O–H groups in total. The van der Waals surface area contributed by atoms with Crippen LogP contribution in [-0.2, 0) is 5.41 Å². The van der Waals surface area contributed by atoms with Crippen LogP contribution in [-0.4, -0.2) is 0 Å². The first kappa shape index (κ1) is 27.1. The molecule has 0 atom stereocenters. The Kier molecular flexibility index (Phi) is 6.30. The molecule has 1 aliphatic carbocycles. The third-order valence-corrected chi connectivity index (χ3v) is 10.3. The van der Waals surface area contributed by atoms with Gasteiger partial charge in [0.25, 0.3) is 0 Å². The van der Waals surface area contributed by atoms with E-state index in [-0.39, 0.29) is 0 Å². The Balaban J connectivity index is 1.31. The molecule has 0 aliphatic heterocycles. The summed E-state index contributed by atoms with van der Waals surface area (Å²) >= 11 is 3.80. The smallest absolute Gasteiger partial charge is 0.0622 e. The monoisotopic (exact) mass is 648 g/mol. The van der Waals surface area contributed by atoms with Crippen molar-refractivity contribution in [1.29, 1.82) is 0 Å². The summed E-state index contributed by atoms with van der Waals surface area (Å²) in [7, 11) is 0. The molecule has 0 aromatic heterocycles. The highest BCUT2D eigenvalue weighted by Crippen LogP contribution is 2.56. The van der Waals surface area contributed by atoms with Gasteiger partial charge in [-0.1, -0.05) is 180 Å². The van der Waals surface area contributed by atoms with Crippen LogP contribution >= 0.6 is 15.9 Å². The molecule has 0 saturated heterocycles. The third kappa shape index (κ3) is 3.92. The van der Waals surface area contributed by atoms with E-state index in [1.807, 2.05) is 0 Å². The fourth-order valence-corrected chi connectivity index (χ4v) is 8.39. The molecule has 8 aromatic carbocycles. The predicted molar refractivity (Wildman–Crippen MR) is 197 cm³/mol. The lowest BCUT2D eigenvalue weighted by molar-refractivity contribution is 0.768. The number of benzene rings is 8. The number of hydrogen-bond donors (Lipinski definition) is 0. The topological polar surface area (TPSA) is 0 Å². The Labute approximate surface area is 277 Å². The van der Waals surface area contributed by atoms with Crippen molar-refractivity contribution in [2.45, 2.75) is 5.41 Å². The number of rotatable bonds is 4. The van der Waals surface area contributed by atoms with Gasteiger partial charge < -0.3 is 0 Å². The van der Waals surface area contributed by atoms with Crippen LogP contribution in [0.4, 0.5) is 0 Å². The van der Waals surface area contributed by atoms with Crippen LogP contribution in [0.2, 0.25) is 0 Å². The van der Waals surface area contributed by atoms with Crippen LogP contribution in [0.3, 0.4) is 0 Å². The Bertz CT molecular complexity index is 2320. The second kappa shape index (κ2) is 10.7. The Morgan fingerprint density at radius 3 is 1.33 bits per heavy atom. The van der Waals surface area contributed by atoms with Crippen molar-refractivity contribution in [2.24, 2.45) is 0 Å². The normalized spacial score (nSPS) is 13.1. The maximum Gasteiger partial charge on any atom is 0.0713 e. The van der Waals surface area contributed by atoms with Gasteiger partial charge in [0.15, 0.2) is 0 Å². The van der Waals surface area contributed by atoms with Crippen molar-refractivity contribution in [3.05, 3.63) is 203 Å². The molecule has 0 radical (unpaired) electrons. The maximum atomic E-state index is 3.80. The van der Waals surface area contributed by atoms with Crippen molar-refractivity contribution < 1.29 is 0 Å². The van der Waals surface area contributed by atoms with Crippen molar-refractivity contribution >= 4 is 37.5 Å². The van der Waals surface area contributed by atoms with E-state index >= 15 is 0 Å². The molecule has 0 saturated carbocycles. The third-order valence-electron chi connectivity index (χ3n) is 9.81. The summed E-state index contributed by atoms with van der Waals surface area (Å²) in [5.74, 6) is 0. The molecule has 0 nitrogen and oxygen atoms in total. The fourth-order valence-electron chi connectivity index (χ4n) is 7.99. The molecule has 9 rings (SSSR count). The Morgan fingerprint density at radius 1 is 0.348 bits per heavy atom. The van der Waals surface area contributed by atoms with E-state index in [0.717, 1.165) is 4.47 Å². The van der Waals surface area contributed by atoms with Crippen molar-refractivity contribution in [3.63, 3.8) is 0 Å². The summed E-state index contributed by atoms with van der Waals surface area (Å²) in [6, 6.07) is 64.7. The van der Waals surface area contributed by atoms with Crippen molar-refractivity contribution in [3.8, 4) is 33.4 Å². The van der Waals surface area contributed by atoms with Crippen LogP contribution in [0.5, 0.6) is 0 Å². The minimum Gasteiger partial charge on any atom is -0.0622 e. The summed E-state index contributed by atoms with van der Waals surface area (Å²) in [4.78, 5) is 0. The predicted octanol–water partition coefficient (Wildman–Crippen LogP) is 12.5. The minimum absolute atomic E-state index is 0.434. The highest BCUT2D eigenvalue weighted by Gasteiger charge is 2.45. The number of fused-ring (bicyclic) bond motifs is 5. The zero-order valence-corrected chi connectivity index (χ0v) is 26.7. The number of halogens is 1. The molecule has 1 aliphatic rings. The first-order chi connectivity index (χ1) is 22.7. The fraction of sp³-hybridized carbons (Fsp3) is 0.0222. The molecule has 0 unspecified atom stereocenters. The minimum atomic E-state index is -0.434. The summed E-state index contributed by atoms with van der Waals surface area (Å²) < 4.78 is 1.08. The van der Waals surface area contributed by atoms with Gasteiger partial charge in [-0.25, -0.2) is 0 Å². The van der Waals surface area contributed by atoms with Gasteiger partial charge in [-0.2, -0.15) is 0 Å². The lowest BCUT2D eigenvalue weighted by atomic mass is 9.67. The van der Waals surface area contributed by atoms with E-state index in [2.05, 4.69) is 192 Å². The maximum absolute atomic E-state index is 3.80. The average molecular weight is 650 g/mol. The molecule has 0 amide bonds. The van der Waals surface area contributed by atoms with Gasteiger partial charge in [0.05, 0.1) is 5.41 Å². The molecule has 46 heavy (non-hydrogen) atoms. The van der Waals surface area contributed by atoms with Crippen molar-refractivity contribution in [2.75, 3.05) is 0 Å². The van der Waals surface area contributed by atoms with Crippen LogP contribution in [0.15, 0.2) is 180 Å².